The molecule has 10 nitrogen and oxygen atoms in total. The van der Waals surface area contributed by atoms with Crippen molar-refractivity contribution in [3.05, 3.63) is 127 Å². The molecule has 0 radical (unpaired) electrons. The topological polar surface area (TPSA) is 150 Å². The van der Waals surface area contributed by atoms with Crippen LogP contribution in [0.1, 0.15) is 30.5 Å². The SMILES string of the molecule is CCN(C/C(=C\c1ccc([N+](=O)[O-])cc1)C(=O)/C(C)=C/c1ccc([N+](=O)[O-])cc1)C(=O)[C@@H](N)Cc1ccccc1. The Kier molecular flexibility index (Phi) is 10.2. The quantitative estimate of drug-likeness (QED) is 0.193. The van der Waals surface area contributed by atoms with E-state index in [-0.39, 0.29) is 35.2 Å². The van der Waals surface area contributed by atoms with Crippen molar-refractivity contribution in [2.24, 2.45) is 5.73 Å². The van der Waals surface area contributed by atoms with E-state index in [1.165, 1.54) is 41.3 Å². The summed E-state index contributed by atoms with van der Waals surface area (Å²) < 4.78 is 0. The normalized spacial score (nSPS) is 12.5. The Labute approximate surface area is 231 Å². The molecule has 40 heavy (non-hydrogen) atoms. The monoisotopic (exact) mass is 542 g/mol. The Hall–Kier alpha value is -4.96. The van der Waals surface area contributed by atoms with Gasteiger partial charge in [-0.1, -0.05) is 30.3 Å². The first-order valence-electron chi connectivity index (χ1n) is 12.6. The number of carbonyl (C=O) groups excluding carboxylic acids is 2. The second kappa shape index (κ2) is 13.7. The van der Waals surface area contributed by atoms with Crippen molar-refractivity contribution in [2.75, 3.05) is 13.1 Å². The third-order valence-electron chi connectivity index (χ3n) is 6.25. The van der Waals surface area contributed by atoms with Gasteiger partial charge in [-0.05, 0) is 78.9 Å². The van der Waals surface area contributed by atoms with Gasteiger partial charge in [-0.3, -0.25) is 29.8 Å². The average molecular weight is 543 g/mol. The molecular weight excluding hydrogens is 512 g/mol. The number of Topliss-reactive ketones (excluding diaryl/α,β-unsaturated/α-hetero) is 1. The van der Waals surface area contributed by atoms with Gasteiger partial charge in [0.15, 0.2) is 5.78 Å². The highest BCUT2D eigenvalue weighted by Crippen LogP contribution is 2.20. The van der Waals surface area contributed by atoms with E-state index in [2.05, 4.69) is 0 Å². The number of nitrogens with two attached hydrogens (primary N) is 1. The Bertz CT molecular complexity index is 1430. The molecule has 0 fully saturated rings. The number of carbonyl (C=O) groups is 2. The van der Waals surface area contributed by atoms with Crippen LogP contribution in [0.2, 0.25) is 0 Å². The minimum absolute atomic E-state index is 0.0287. The molecule has 0 bridgehead atoms. The lowest BCUT2D eigenvalue weighted by atomic mass is 9.98. The number of likely N-dealkylation sites (N-methyl/N-ethyl adjacent to an activating group) is 1. The molecule has 1 amide bonds. The van der Waals surface area contributed by atoms with Crippen LogP contribution in [0.4, 0.5) is 11.4 Å². The van der Waals surface area contributed by atoms with E-state index in [1.807, 2.05) is 30.3 Å². The van der Waals surface area contributed by atoms with E-state index in [0.717, 1.165) is 5.56 Å². The molecule has 206 valence electrons. The van der Waals surface area contributed by atoms with Gasteiger partial charge in [0.1, 0.15) is 0 Å². The van der Waals surface area contributed by atoms with E-state index in [9.17, 15) is 29.8 Å². The lowest BCUT2D eigenvalue weighted by Crippen LogP contribution is -2.46. The van der Waals surface area contributed by atoms with E-state index in [4.69, 9.17) is 5.73 Å². The van der Waals surface area contributed by atoms with Gasteiger partial charge in [-0.15, -0.1) is 0 Å². The fourth-order valence-electron chi connectivity index (χ4n) is 4.08. The second-order valence-electron chi connectivity index (χ2n) is 9.17. The molecule has 0 aliphatic heterocycles. The first-order valence-corrected chi connectivity index (χ1v) is 12.6. The predicted octanol–water partition coefficient (Wildman–Crippen LogP) is 4.98. The van der Waals surface area contributed by atoms with Crippen molar-refractivity contribution >= 4 is 35.2 Å². The molecule has 0 aromatic heterocycles. The molecule has 1 atom stereocenters. The highest BCUT2D eigenvalue weighted by atomic mass is 16.6. The van der Waals surface area contributed by atoms with Gasteiger partial charge in [0.05, 0.1) is 15.9 Å². The fourth-order valence-corrected chi connectivity index (χ4v) is 4.08. The molecule has 3 rings (SSSR count). The van der Waals surface area contributed by atoms with Gasteiger partial charge in [0, 0.05) is 42.9 Å². The third kappa shape index (κ3) is 8.02. The second-order valence-corrected chi connectivity index (χ2v) is 9.17. The maximum atomic E-state index is 13.6. The van der Waals surface area contributed by atoms with Crippen LogP contribution in [-0.2, 0) is 16.0 Å². The summed E-state index contributed by atoms with van der Waals surface area (Å²) in [5.74, 6) is -0.662. The number of benzene rings is 3. The van der Waals surface area contributed by atoms with Crippen molar-refractivity contribution in [2.45, 2.75) is 26.3 Å². The molecule has 3 aromatic carbocycles. The first-order chi connectivity index (χ1) is 19.1. The van der Waals surface area contributed by atoms with Crippen LogP contribution in [-0.4, -0.2) is 45.6 Å². The molecule has 10 heteroatoms. The molecule has 0 heterocycles. The zero-order valence-electron chi connectivity index (χ0n) is 22.2. The lowest BCUT2D eigenvalue weighted by Gasteiger charge is -2.25. The smallest absolute Gasteiger partial charge is 0.269 e. The summed E-state index contributed by atoms with van der Waals surface area (Å²) in [4.78, 5) is 49.4. The molecule has 0 unspecified atom stereocenters. The van der Waals surface area contributed by atoms with Crippen LogP contribution in [0.15, 0.2) is 90.0 Å². The number of nitrogens with zero attached hydrogens (tertiary/aromatic N) is 3. The third-order valence-corrected chi connectivity index (χ3v) is 6.25. The van der Waals surface area contributed by atoms with Gasteiger partial charge < -0.3 is 10.6 Å². The molecule has 0 aliphatic carbocycles. The molecule has 0 spiro atoms. The minimum Gasteiger partial charge on any atom is -0.337 e. The molecule has 3 aromatic rings. The highest BCUT2D eigenvalue weighted by Gasteiger charge is 2.24. The zero-order chi connectivity index (χ0) is 29.2. The van der Waals surface area contributed by atoms with Crippen LogP contribution < -0.4 is 5.73 Å². The number of non-ortho nitro benzene ring substituents is 2. The number of ketones is 1. The predicted molar refractivity (Wildman–Crippen MR) is 153 cm³/mol. The fraction of sp³-hybridized carbons (Fsp3) is 0.200. The van der Waals surface area contributed by atoms with E-state index in [1.54, 1.807) is 38.1 Å². The molecule has 0 saturated heterocycles. The number of amides is 1. The molecule has 0 saturated carbocycles. The van der Waals surface area contributed by atoms with Gasteiger partial charge in [-0.25, -0.2) is 0 Å². The highest BCUT2D eigenvalue weighted by molar-refractivity contribution is 6.13. The zero-order valence-corrected chi connectivity index (χ0v) is 22.2. The van der Waals surface area contributed by atoms with Gasteiger partial charge in [-0.2, -0.15) is 0 Å². The maximum absolute atomic E-state index is 13.6. The number of nitro groups is 2. The molecular formula is C30H30N4O6. The number of hydrogen-bond acceptors (Lipinski definition) is 7. The lowest BCUT2D eigenvalue weighted by molar-refractivity contribution is -0.385. The van der Waals surface area contributed by atoms with Gasteiger partial charge in [0.2, 0.25) is 5.91 Å². The van der Waals surface area contributed by atoms with Gasteiger partial charge >= 0.3 is 0 Å². The summed E-state index contributed by atoms with van der Waals surface area (Å²) >= 11 is 0. The number of rotatable bonds is 12. The summed E-state index contributed by atoms with van der Waals surface area (Å²) in [5, 5.41) is 22.0. The summed E-state index contributed by atoms with van der Waals surface area (Å²) in [5.41, 5.74) is 8.79. The van der Waals surface area contributed by atoms with Gasteiger partial charge in [0.25, 0.3) is 11.4 Å². The van der Waals surface area contributed by atoms with Crippen LogP contribution in [0.25, 0.3) is 12.2 Å². The average Bonchev–Trinajstić information content (AvgIpc) is 2.95. The molecule has 0 aliphatic rings. The van der Waals surface area contributed by atoms with E-state index >= 15 is 0 Å². The van der Waals surface area contributed by atoms with Crippen molar-refractivity contribution in [3.63, 3.8) is 0 Å². The Morgan fingerprint density at radius 2 is 1.35 bits per heavy atom. The van der Waals surface area contributed by atoms with E-state index in [0.29, 0.717) is 29.7 Å². The van der Waals surface area contributed by atoms with Crippen molar-refractivity contribution in [1.82, 2.24) is 4.90 Å². The van der Waals surface area contributed by atoms with Crippen molar-refractivity contribution in [1.29, 1.82) is 0 Å². The Balaban J connectivity index is 1.91. The Morgan fingerprint density at radius 3 is 1.82 bits per heavy atom. The van der Waals surface area contributed by atoms with Crippen molar-refractivity contribution < 1.29 is 19.4 Å². The number of nitro benzene ring substituents is 2. The summed E-state index contributed by atoms with van der Waals surface area (Å²) in [6.45, 7) is 3.68. The van der Waals surface area contributed by atoms with Crippen LogP contribution in [0, 0.1) is 20.2 Å². The summed E-state index contributed by atoms with van der Waals surface area (Å²) in [6.07, 6.45) is 3.54. The minimum atomic E-state index is -0.810. The van der Waals surface area contributed by atoms with E-state index < -0.39 is 15.9 Å². The standard InChI is InChI=1S/C30H30N4O6/c1-3-32(30(36)28(31)19-22-7-5-4-6-8-22)20-25(18-24-11-15-27(16-12-24)34(39)40)29(35)21(2)17-23-9-13-26(14-10-23)33(37)38/h4-18,28H,3,19-20,31H2,1-2H3/b21-17+,25-18+/t28-/m0/s1. The summed E-state index contributed by atoms with van der Waals surface area (Å²) in [6, 6.07) is 20.1. The maximum Gasteiger partial charge on any atom is 0.269 e. The number of hydrogen-bond donors (Lipinski definition) is 1. The van der Waals surface area contributed by atoms with Crippen LogP contribution in [0.3, 0.4) is 0 Å². The summed E-state index contributed by atoms with van der Waals surface area (Å²) in [7, 11) is 0. The Morgan fingerprint density at radius 1 is 0.850 bits per heavy atom. The van der Waals surface area contributed by atoms with Crippen molar-refractivity contribution in [3.8, 4) is 0 Å². The first kappa shape index (κ1) is 29.6. The molecule has 2 N–H and O–H groups in total. The van der Waals surface area contributed by atoms with Crippen LogP contribution in [0.5, 0.6) is 0 Å². The van der Waals surface area contributed by atoms with Crippen LogP contribution >= 0.6 is 0 Å². The largest absolute Gasteiger partial charge is 0.337 e. The number of allylic oxidation sites excluding steroid dienone is 1.